The fraction of sp³-hybridized carbons (Fsp3) is 0.200. The van der Waals surface area contributed by atoms with Gasteiger partial charge in [-0.3, -0.25) is 5.10 Å². The van der Waals surface area contributed by atoms with Gasteiger partial charge in [0.05, 0.1) is 17.3 Å². The highest BCUT2D eigenvalue weighted by molar-refractivity contribution is 5.95. The van der Waals surface area contributed by atoms with Crippen LogP contribution >= 0.6 is 0 Å². The van der Waals surface area contributed by atoms with Crippen molar-refractivity contribution in [3.8, 4) is 11.3 Å². The summed E-state index contributed by atoms with van der Waals surface area (Å²) in [5, 5.41) is 20.4. The Labute approximate surface area is 122 Å². The topological polar surface area (TPSA) is 99.8 Å². The van der Waals surface area contributed by atoms with Crippen LogP contribution in [0.2, 0.25) is 0 Å². The first-order chi connectivity index (χ1) is 10.1. The van der Waals surface area contributed by atoms with E-state index in [1.165, 1.54) is 0 Å². The Hall–Kier alpha value is -2.60. The summed E-state index contributed by atoms with van der Waals surface area (Å²) < 4.78 is 0. The Morgan fingerprint density at radius 2 is 2.19 bits per heavy atom. The molecule has 2 heterocycles. The van der Waals surface area contributed by atoms with Crippen molar-refractivity contribution in [3.05, 3.63) is 36.5 Å². The van der Waals surface area contributed by atoms with Gasteiger partial charge in [0, 0.05) is 35.4 Å². The summed E-state index contributed by atoms with van der Waals surface area (Å²) in [5.41, 5.74) is 9.47. The van der Waals surface area contributed by atoms with Crippen LogP contribution in [0.3, 0.4) is 0 Å². The van der Waals surface area contributed by atoms with Gasteiger partial charge in [-0.15, -0.1) is 0 Å². The maximum Gasteiger partial charge on any atom is 0.126 e. The molecule has 1 aromatic carbocycles. The number of rotatable bonds is 4. The van der Waals surface area contributed by atoms with Crippen LogP contribution in [0.25, 0.3) is 22.2 Å². The van der Waals surface area contributed by atoms with Crippen LogP contribution in [0.4, 0.5) is 11.5 Å². The molecule has 0 saturated carbocycles. The van der Waals surface area contributed by atoms with Crippen LogP contribution in [0, 0.1) is 0 Å². The lowest BCUT2D eigenvalue weighted by Crippen LogP contribution is -2.15. The fourth-order valence-electron chi connectivity index (χ4n) is 2.24. The summed E-state index contributed by atoms with van der Waals surface area (Å²) in [6.07, 6.45) is 1.28. The maximum absolute atomic E-state index is 9.40. The highest BCUT2D eigenvalue weighted by Crippen LogP contribution is 2.28. The van der Waals surface area contributed by atoms with Crippen LogP contribution in [0.5, 0.6) is 0 Å². The number of hydrogen-bond donors (Lipinski definition) is 4. The molecule has 0 aliphatic heterocycles. The molecule has 0 unspecified atom stereocenters. The number of aromatic nitrogens is 3. The molecule has 0 aliphatic carbocycles. The number of aromatic amines is 1. The largest absolute Gasteiger partial charge is 0.392 e. The molecular weight excluding hydrogens is 266 g/mol. The molecule has 3 aromatic rings. The fourth-order valence-corrected chi connectivity index (χ4v) is 2.24. The van der Waals surface area contributed by atoms with Gasteiger partial charge in [-0.2, -0.15) is 5.10 Å². The number of H-pyrrole nitrogens is 1. The van der Waals surface area contributed by atoms with Gasteiger partial charge < -0.3 is 16.2 Å². The highest BCUT2D eigenvalue weighted by Gasteiger charge is 2.08. The molecule has 5 N–H and O–H groups in total. The predicted octanol–water partition coefficient (Wildman–Crippen LogP) is 2.00. The van der Waals surface area contributed by atoms with Gasteiger partial charge in [-0.1, -0.05) is 12.1 Å². The number of nitrogens with one attached hydrogen (secondary N) is 2. The number of benzene rings is 1. The first kappa shape index (κ1) is 13.4. The van der Waals surface area contributed by atoms with Crippen molar-refractivity contribution in [2.24, 2.45) is 0 Å². The summed E-state index contributed by atoms with van der Waals surface area (Å²) in [4.78, 5) is 4.37. The van der Waals surface area contributed by atoms with Gasteiger partial charge in [-0.05, 0) is 19.1 Å². The first-order valence-corrected chi connectivity index (χ1v) is 6.75. The van der Waals surface area contributed by atoms with Gasteiger partial charge in [-0.25, -0.2) is 4.98 Å². The van der Waals surface area contributed by atoms with Crippen LogP contribution < -0.4 is 11.1 Å². The minimum absolute atomic E-state index is 0.432. The molecule has 3 rings (SSSR count). The lowest BCUT2D eigenvalue weighted by Gasteiger charge is -2.12. The molecule has 2 aromatic heterocycles. The molecule has 6 heteroatoms. The molecule has 0 radical (unpaired) electrons. The van der Waals surface area contributed by atoms with Gasteiger partial charge in [0.2, 0.25) is 0 Å². The first-order valence-electron chi connectivity index (χ1n) is 6.75. The molecule has 0 fully saturated rings. The van der Waals surface area contributed by atoms with E-state index in [9.17, 15) is 5.11 Å². The molecule has 0 bridgehead atoms. The second kappa shape index (κ2) is 5.41. The van der Waals surface area contributed by atoms with E-state index in [-0.39, 0.29) is 0 Å². The molecular formula is C15H17N5O. The number of aliphatic hydroxyl groups excluding tert-OH is 1. The molecule has 0 amide bonds. The van der Waals surface area contributed by atoms with E-state index >= 15 is 0 Å². The zero-order valence-corrected chi connectivity index (χ0v) is 11.7. The van der Waals surface area contributed by atoms with E-state index in [2.05, 4.69) is 20.5 Å². The molecule has 21 heavy (non-hydrogen) atoms. The van der Waals surface area contributed by atoms with Gasteiger partial charge in [0.25, 0.3) is 0 Å². The molecule has 6 nitrogen and oxygen atoms in total. The quantitative estimate of drug-likeness (QED) is 0.587. The number of nitrogens with two attached hydrogens (primary N) is 1. The standard InChI is InChI=1S/C15H17N5O/c1-9(21)8-17-13-7-15(16)19-14-6-10(2-3-11(13)14)12-4-5-18-20-12/h2-7,9,21H,8H2,1H3,(H,18,20)(H3,16,17,19)/t9-/m0/s1. The van der Waals surface area contributed by atoms with Crippen LogP contribution in [-0.4, -0.2) is 32.9 Å². The summed E-state index contributed by atoms with van der Waals surface area (Å²) in [5.74, 6) is 0.442. The second-order valence-electron chi connectivity index (χ2n) is 5.03. The maximum atomic E-state index is 9.40. The number of pyridine rings is 1. The van der Waals surface area contributed by atoms with Crippen LogP contribution in [0.1, 0.15) is 6.92 Å². The third-order valence-electron chi connectivity index (χ3n) is 3.23. The Bertz CT molecular complexity index is 752. The second-order valence-corrected chi connectivity index (χ2v) is 5.03. The van der Waals surface area contributed by atoms with Gasteiger partial charge >= 0.3 is 0 Å². The van der Waals surface area contributed by atoms with Crippen molar-refractivity contribution >= 4 is 22.4 Å². The van der Waals surface area contributed by atoms with E-state index in [1.807, 2.05) is 24.3 Å². The van der Waals surface area contributed by atoms with E-state index in [0.29, 0.717) is 12.4 Å². The summed E-state index contributed by atoms with van der Waals surface area (Å²) in [6.45, 7) is 2.19. The lowest BCUT2D eigenvalue weighted by atomic mass is 10.1. The third-order valence-corrected chi connectivity index (χ3v) is 3.23. The average Bonchev–Trinajstić information content (AvgIpc) is 2.98. The van der Waals surface area contributed by atoms with Crippen molar-refractivity contribution < 1.29 is 5.11 Å². The highest BCUT2D eigenvalue weighted by atomic mass is 16.3. The van der Waals surface area contributed by atoms with E-state index in [4.69, 9.17) is 5.73 Å². The zero-order valence-electron chi connectivity index (χ0n) is 11.7. The number of hydrogen-bond acceptors (Lipinski definition) is 5. The van der Waals surface area contributed by atoms with E-state index in [0.717, 1.165) is 27.8 Å². The van der Waals surface area contributed by atoms with Crippen molar-refractivity contribution in [1.29, 1.82) is 0 Å². The average molecular weight is 283 g/mol. The monoisotopic (exact) mass is 283 g/mol. The van der Waals surface area contributed by atoms with E-state index in [1.54, 1.807) is 19.2 Å². The van der Waals surface area contributed by atoms with Crippen molar-refractivity contribution in [2.45, 2.75) is 13.0 Å². The summed E-state index contributed by atoms with van der Waals surface area (Å²) >= 11 is 0. The molecule has 1 atom stereocenters. The Morgan fingerprint density at radius 3 is 2.90 bits per heavy atom. The predicted molar refractivity (Wildman–Crippen MR) is 83.9 cm³/mol. The van der Waals surface area contributed by atoms with Crippen LogP contribution in [0.15, 0.2) is 36.5 Å². The van der Waals surface area contributed by atoms with Gasteiger partial charge in [0.1, 0.15) is 5.82 Å². The number of nitrogens with zero attached hydrogens (tertiary/aromatic N) is 2. The number of aliphatic hydroxyl groups is 1. The minimum Gasteiger partial charge on any atom is -0.392 e. The molecule has 0 saturated heterocycles. The normalized spacial score (nSPS) is 12.5. The van der Waals surface area contributed by atoms with Crippen molar-refractivity contribution in [2.75, 3.05) is 17.6 Å². The third kappa shape index (κ3) is 2.80. The molecule has 0 spiro atoms. The van der Waals surface area contributed by atoms with Gasteiger partial charge in [0.15, 0.2) is 0 Å². The lowest BCUT2D eigenvalue weighted by molar-refractivity contribution is 0.208. The molecule has 0 aliphatic rings. The number of fused-ring (bicyclic) bond motifs is 1. The molecule has 108 valence electrons. The summed E-state index contributed by atoms with van der Waals surface area (Å²) in [6, 6.07) is 9.64. The minimum atomic E-state index is -0.432. The number of nitrogen functional groups attached to an aromatic ring is 1. The Balaban J connectivity index is 2.05. The SMILES string of the molecule is C[C@H](O)CNc1cc(N)nc2cc(-c3ccn[nH]3)ccc12. The van der Waals surface area contributed by atoms with Crippen molar-refractivity contribution in [3.63, 3.8) is 0 Å². The zero-order chi connectivity index (χ0) is 14.8. The van der Waals surface area contributed by atoms with E-state index < -0.39 is 6.10 Å². The Morgan fingerprint density at radius 1 is 1.33 bits per heavy atom. The Kier molecular flexibility index (Phi) is 3.45. The van der Waals surface area contributed by atoms with Crippen molar-refractivity contribution in [1.82, 2.24) is 15.2 Å². The smallest absolute Gasteiger partial charge is 0.126 e. The summed E-state index contributed by atoms with van der Waals surface area (Å²) in [7, 11) is 0. The van der Waals surface area contributed by atoms with Crippen LogP contribution in [-0.2, 0) is 0 Å². The number of anilines is 2.